The molecule has 3 aromatic rings. The molecule has 0 radical (unpaired) electrons. The molecular formula is C25H27N3. The lowest BCUT2D eigenvalue weighted by molar-refractivity contribution is 0.658. The highest BCUT2D eigenvalue weighted by Gasteiger charge is 2.12. The van der Waals surface area contributed by atoms with Crippen LogP contribution in [0.5, 0.6) is 0 Å². The van der Waals surface area contributed by atoms with Crippen molar-refractivity contribution in [2.75, 3.05) is 0 Å². The molecule has 0 heterocycles. The van der Waals surface area contributed by atoms with Crippen LogP contribution < -0.4 is 11.5 Å². The number of rotatable bonds is 7. The van der Waals surface area contributed by atoms with Gasteiger partial charge in [0.2, 0.25) is 0 Å². The van der Waals surface area contributed by atoms with E-state index in [-0.39, 0.29) is 5.92 Å². The largest absolute Gasteiger partial charge is 0.326 e. The lowest BCUT2D eigenvalue weighted by Gasteiger charge is -2.13. The van der Waals surface area contributed by atoms with E-state index in [2.05, 4.69) is 67.6 Å². The molecule has 0 aliphatic rings. The van der Waals surface area contributed by atoms with Crippen LogP contribution in [0.4, 0.5) is 0 Å². The Labute approximate surface area is 167 Å². The molecule has 3 aromatic carbocycles. The van der Waals surface area contributed by atoms with Gasteiger partial charge in [-0.3, -0.25) is 0 Å². The number of nitrogens with two attached hydrogens (primary N) is 2. The summed E-state index contributed by atoms with van der Waals surface area (Å²) in [5, 5.41) is 9.67. The van der Waals surface area contributed by atoms with Crippen molar-refractivity contribution in [1.82, 2.24) is 0 Å². The molecule has 3 rings (SSSR count). The van der Waals surface area contributed by atoms with Crippen LogP contribution in [-0.4, -0.2) is 0 Å². The van der Waals surface area contributed by atoms with Gasteiger partial charge in [0.15, 0.2) is 0 Å². The molecule has 0 aliphatic heterocycles. The normalized spacial score (nSPS) is 11.8. The summed E-state index contributed by atoms with van der Waals surface area (Å²) in [6.45, 7) is 3.21. The molecule has 1 atom stereocenters. The van der Waals surface area contributed by atoms with Gasteiger partial charge in [0.1, 0.15) is 0 Å². The zero-order valence-electron chi connectivity index (χ0n) is 16.4. The van der Waals surface area contributed by atoms with Crippen LogP contribution in [0.1, 0.15) is 27.8 Å². The average molecular weight is 370 g/mol. The van der Waals surface area contributed by atoms with Gasteiger partial charge in [-0.25, -0.2) is 0 Å². The fourth-order valence-electron chi connectivity index (χ4n) is 3.47. The number of nitrogens with zero attached hydrogens (tertiary/aromatic N) is 1. The van der Waals surface area contributed by atoms with Crippen LogP contribution in [-0.2, 0) is 25.9 Å². The maximum atomic E-state index is 9.67. The minimum Gasteiger partial charge on any atom is -0.326 e. The van der Waals surface area contributed by atoms with Crippen LogP contribution in [0.15, 0.2) is 66.7 Å². The van der Waals surface area contributed by atoms with Gasteiger partial charge in [0.25, 0.3) is 0 Å². The maximum Gasteiger partial charge on any atom is 0.0662 e. The Hall–Kier alpha value is -2.93. The van der Waals surface area contributed by atoms with Gasteiger partial charge in [0, 0.05) is 13.1 Å². The van der Waals surface area contributed by atoms with Crippen molar-refractivity contribution < 1.29 is 0 Å². The zero-order chi connectivity index (χ0) is 19.9. The summed E-state index contributed by atoms with van der Waals surface area (Å²) in [5.74, 6) is -0.0566. The Morgan fingerprint density at radius 3 is 1.82 bits per heavy atom. The van der Waals surface area contributed by atoms with Crippen LogP contribution in [0.3, 0.4) is 0 Å². The molecule has 0 fully saturated rings. The Morgan fingerprint density at radius 2 is 1.25 bits per heavy atom. The van der Waals surface area contributed by atoms with E-state index in [0.717, 1.165) is 24.0 Å². The van der Waals surface area contributed by atoms with E-state index < -0.39 is 0 Å². The van der Waals surface area contributed by atoms with E-state index in [1.807, 2.05) is 12.1 Å². The fraction of sp³-hybridized carbons (Fsp3) is 0.240. The Balaban J connectivity index is 1.77. The Kier molecular flexibility index (Phi) is 6.60. The van der Waals surface area contributed by atoms with E-state index in [1.54, 1.807) is 0 Å². The fourth-order valence-corrected chi connectivity index (χ4v) is 3.47. The molecule has 1 unspecified atom stereocenters. The van der Waals surface area contributed by atoms with Gasteiger partial charge in [-0.05, 0) is 58.7 Å². The van der Waals surface area contributed by atoms with Crippen LogP contribution in [0.25, 0.3) is 11.1 Å². The molecular weight excluding hydrogens is 342 g/mol. The molecule has 0 spiro atoms. The topological polar surface area (TPSA) is 75.8 Å². The molecule has 3 heteroatoms. The van der Waals surface area contributed by atoms with Crippen molar-refractivity contribution in [1.29, 1.82) is 5.26 Å². The summed E-state index contributed by atoms with van der Waals surface area (Å²) in [6.07, 6.45) is 1.49. The molecule has 0 aliphatic carbocycles. The predicted octanol–water partition coefficient (Wildman–Crippen LogP) is 4.50. The number of benzene rings is 3. The summed E-state index contributed by atoms with van der Waals surface area (Å²) in [6, 6.07) is 25.6. The van der Waals surface area contributed by atoms with Crippen molar-refractivity contribution in [3.63, 3.8) is 0 Å². The second kappa shape index (κ2) is 9.32. The first kappa shape index (κ1) is 19.8. The minimum atomic E-state index is -0.0566. The van der Waals surface area contributed by atoms with Gasteiger partial charge in [-0.1, -0.05) is 66.7 Å². The van der Waals surface area contributed by atoms with Gasteiger partial charge < -0.3 is 11.5 Å². The maximum absolute atomic E-state index is 9.67. The van der Waals surface area contributed by atoms with Crippen molar-refractivity contribution in [3.05, 3.63) is 94.5 Å². The van der Waals surface area contributed by atoms with Crippen LogP contribution in [0, 0.1) is 24.2 Å². The van der Waals surface area contributed by atoms with E-state index in [1.165, 1.54) is 27.8 Å². The average Bonchev–Trinajstić information content (AvgIpc) is 2.75. The monoisotopic (exact) mass is 369 g/mol. The Bertz CT molecular complexity index is 951. The molecule has 0 aromatic heterocycles. The van der Waals surface area contributed by atoms with E-state index in [0.29, 0.717) is 13.1 Å². The van der Waals surface area contributed by atoms with Crippen molar-refractivity contribution in [3.8, 4) is 17.2 Å². The minimum absolute atomic E-state index is 0.0566. The molecule has 0 amide bonds. The SMILES string of the molecule is Cc1ccc(CC(C#N)Cc2ccc(CN)cc2)cc1-c1ccc(CN)cc1. The number of nitriles is 1. The zero-order valence-corrected chi connectivity index (χ0v) is 16.4. The lowest BCUT2D eigenvalue weighted by atomic mass is 9.90. The highest BCUT2D eigenvalue weighted by molar-refractivity contribution is 5.68. The molecule has 0 bridgehead atoms. The van der Waals surface area contributed by atoms with Crippen molar-refractivity contribution in [2.45, 2.75) is 32.9 Å². The van der Waals surface area contributed by atoms with Crippen molar-refractivity contribution in [2.24, 2.45) is 17.4 Å². The first-order valence-electron chi connectivity index (χ1n) is 9.69. The predicted molar refractivity (Wildman–Crippen MR) is 115 cm³/mol. The second-order valence-corrected chi connectivity index (χ2v) is 7.31. The summed E-state index contributed by atoms with van der Waals surface area (Å²) in [4.78, 5) is 0. The number of hydrogen-bond donors (Lipinski definition) is 2. The van der Waals surface area contributed by atoms with E-state index >= 15 is 0 Å². The van der Waals surface area contributed by atoms with Crippen molar-refractivity contribution >= 4 is 0 Å². The van der Waals surface area contributed by atoms with Gasteiger partial charge in [-0.2, -0.15) is 5.26 Å². The molecule has 3 nitrogen and oxygen atoms in total. The summed E-state index contributed by atoms with van der Waals surface area (Å²) >= 11 is 0. The molecule has 0 saturated heterocycles. The van der Waals surface area contributed by atoms with Gasteiger partial charge >= 0.3 is 0 Å². The van der Waals surface area contributed by atoms with Crippen LogP contribution >= 0.6 is 0 Å². The van der Waals surface area contributed by atoms with E-state index in [9.17, 15) is 5.26 Å². The second-order valence-electron chi connectivity index (χ2n) is 7.31. The van der Waals surface area contributed by atoms with Gasteiger partial charge in [-0.15, -0.1) is 0 Å². The number of hydrogen-bond acceptors (Lipinski definition) is 3. The first-order valence-corrected chi connectivity index (χ1v) is 9.69. The third kappa shape index (κ3) is 4.86. The first-order chi connectivity index (χ1) is 13.6. The summed E-state index contributed by atoms with van der Waals surface area (Å²) in [7, 11) is 0. The Morgan fingerprint density at radius 1 is 0.750 bits per heavy atom. The standard InChI is InChI=1S/C25H27N3/c1-18-2-3-22(14-25(18)24-10-8-21(16-27)9-11-24)13-23(17-28)12-19-4-6-20(15-26)7-5-19/h2-11,14,23H,12-13,15-16,26-27H2,1H3. The molecule has 0 saturated carbocycles. The summed E-state index contributed by atoms with van der Waals surface area (Å²) < 4.78 is 0. The smallest absolute Gasteiger partial charge is 0.0662 e. The highest BCUT2D eigenvalue weighted by Crippen LogP contribution is 2.26. The molecule has 142 valence electrons. The summed E-state index contributed by atoms with van der Waals surface area (Å²) in [5.41, 5.74) is 19.6. The third-order valence-corrected chi connectivity index (χ3v) is 5.21. The van der Waals surface area contributed by atoms with Gasteiger partial charge in [0.05, 0.1) is 12.0 Å². The molecule has 4 N–H and O–H groups in total. The molecule has 28 heavy (non-hydrogen) atoms. The van der Waals surface area contributed by atoms with Crippen LogP contribution in [0.2, 0.25) is 0 Å². The number of aryl methyl sites for hydroxylation is 1. The quantitative estimate of drug-likeness (QED) is 0.643. The highest BCUT2D eigenvalue weighted by atomic mass is 14.5. The lowest BCUT2D eigenvalue weighted by Crippen LogP contribution is -2.07. The third-order valence-electron chi connectivity index (χ3n) is 5.21. The van der Waals surface area contributed by atoms with E-state index in [4.69, 9.17) is 11.5 Å².